The molecule has 2 heterocycles. The highest BCUT2D eigenvalue weighted by Crippen LogP contribution is 2.21. The molecule has 2 saturated heterocycles. The van der Waals surface area contributed by atoms with Crippen molar-refractivity contribution in [3.8, 4) is 0 Å². The Hall–Kier alpha value is -0.660. The minimum atomic E-state index is -2.93. The molecule has 0 aromatic rings. The van der Waals surface area contributed by atoms with Gasteiger partial charge in [-0.05, 0) is 12.8 Å². The molecule has 126 valence electrons. The highest BCUT2D eigenvalue weighted by molar-refractivity contribution is 7.91. The number of rotatable bonds is 4. The van der Waals surface area contributed by atoms with Gasteiger partial charge in [-0.15, -0.1) is 0 Å². The third kappa shape index (κ3) is 4.00. The molecule has 6 nitrogen and oxygen atoms in total. The zero-order valence-corrected chi connectivity index (χ0v) is 13.9. The quantitative estimate of drug-likeness (QED) is 0.753. The third-order valence-corrected chi connectivity index (χ3v) is 6.91. The minimum absolute atomic E-state index is 0.0418. The first-order chi connectivity index (χ1) is 10.5. The van der Waals surface area contributed by atoms with Crippen molar-refractivity contribution in [1.82, 2.24) is 15.5 Å². The molecule has 2 aliphatic heterocycles. The molecule has 0 unspecified atom stereocenters. The number of hydrogen-bond acceptors (Lipinski definition) is 5. The summed E-state index contributed by atoms with van der Waals surface area (Å²) in [5, 5.41) is 6.43. The number of nitrogens with zero attached hydrogens (tertiary/aromatic N) is 1. The van der Waals surface area contributed by atoms with E-state index in [0.717, 1.165) is 25.9 Å². The van der Waals surface area contributed by atoms with Crippen molar-refractivity contribution in [1.29, 1.82) is 0 Å². The van der Waals surface area contributed by atoms with E-state index in [-0.39, 0.29) is 29.5 Å². The lowest BCUT2D eigenvalue weighted by Crippen LogP contribution is -2.57. The first-order valence-electron chi connectivity index (χ1n) is 8.51. The number of nitrogens with one attached hydrogen (secondary N) is 2. The molecule has 0 spiro atoms. The molecule has 0 aromatic heterocycles. The van der Waals surface area contributed by atoms with Gasteiger partial charge in [-0.3, -0.25) is 9.69 Å². The normalized spacial score (nSPS) is 32.5. The summed E-state index contributed by atoms with van der Waals surface area (Å²) in [5.41, 5.74) is 0. The van der Waals surface area contributed by atoms with Gasteiger partial charge in [0.25, 0.3) is 0 Å². The third-order valence-electron chi connectivity index (χ3n) is 5.19. The second-order valence-electron chi connectivity index (χ2n) is 6.89. The van der Waals surface area contributed by atoms with Crippen molar-refractivity contribution in [2.24, 2.45) is 0 Å². The zero-order valence-electron chi connectivity index (χ0n) is 13.1. The molecular formula is C15H27N3O3S. The van der Waals surface area contributed by atoms with Crippen LogP contribution in [0.3, 0.4) is 0 Å². The van der Waals surface area contributed by atoms with Crippen LogP contribution in [0.5, 0.6) is 0 Å². The molecule has 3 aliphatic rings. The van der Waals surface area contributed by atoms with Crippen LogP contribution in [0.1, 0.15) is 38.5 Å². The molecule has 22 heavy (non-hydrogen) atoms. The lowest BCUT2D eigenvalue weighted by molar-refractivity contribution is -0.122. The van der Waals surface area contributed by atoms with Crippen molar-refractivity contribution < 1.29 is 13.2 Å². The van der Waals surface area contributed by atoms with Crippen molar-refractivity contribution >= 4 is 15.7 Å². The van der Waals surface area contributed by atoms with E-state index in [4.69, 9.17) is 0 Å². The SMILES string of the molecule is O=C(CCN1CCN[C@H]2CS(=O)(=O)C[C@H]21)NC1CCCCC1. The number of amides is 1. The Morgan fingerprint density at radius 2 is 1.95 bits per heavy atom. The molecule has 2 atom stereocenters. The summed E-state index contributed by atoms with van der Waals surface area (Å²) in [5.74, 6) is 0.583. The van der Waals surface area contributed by atoms with Crippen molar-refractivity contribution in [2.45, 2.75) is 56.7 Å². The Morgan fingerprint density at radius 1 is 1.18 bits per heavy atom. The van der Waals surface area contributed by atoms with Gasteiger partial charge in [0.05, 0.1) is 11.5 Å². The fourth-order valence-electron chi connectivity index (χ4n) is 4.01. The van der Waals surface area contributed by atoms with Crippen LogP contribution in [0.25, 0.3) is 0 Å². The molecule has 1 amide bonds. The van der Waals surface area contributed by atoms with Gasteiger partial charge in [0.1, 0.15) is 0 Å². The van der Waals surface area contributed by atoms with Gasteiger partial charge in [0.15, 0.2) is 9.84 Å². The second-order valence-corrected chi connectivity index (χ2v) is 9.05. The zero-order chi connectivity index (χ0) is 15.6. The van der Waals surface area contributed by atoms with E-state index in [2.05, 4.69) is 15.5 Å². The highest BCUT2D eigenvalue weighted by Gasteiger charge is 2.42. The first kappa shape index (κ1) is 16.2. The molecule has 3 fully saturated rings. The van der Waals surface area contributed by atoms with Gasteiger partial charge in [0, 0.05) is 44.2 Å². The molecule has 0 radical (unpaired) electrons. The van der Waals surface area contributed by atoms with E-state index >= 15 is 0 Å². The van der Waals surface area contributed by atoms with Crippen LogP contribution in [0.4, 0.5) is 0 Å². The lowest BCUT2D eigenvalue weighted by atomic mass is 9.95. The molecule has 0 bridgehead atoms. The lowest BCUT2D eigenvalue weighted by Gasteiger charge is -2.37. The number of carbonyl (C=O) groups is 1. The maximum atomic E-state index is 12.1. The molecule has 2 N–H and O–H groups in total. The van der Waals surface area contributed by atoms with E-state index in [1.165, 1.54) is 19.3 Å². The molecular weight excluding hydrogens is 302 g/mol. The van der Waals surface area contributed by atoms with Gasteiger partial charge in [0.2, 0.25) is 5.91 Å². The fourth-order valence-corrected chi connectivity index (χ4v) is 6.00. The van der Waals surface area contributed by atoms with Gasteiger partial charge < -0.3 is 10.6 Å². The van der Waals surface area contributed by atoms with Gasteiger partial charge in [-0.25, -0.2) is 8.42 Å². The van der Waals surface area contributed by atoms with Crippen LogP contribution >= 0.6 is 0 Å². The van der Waals surface area contributed by atoms with Crippen molar-refractivity contribution in [3.05, 3.63) is 0 Å². The summed E-state index contributed by atoms with van der Waals surface area (Å²) in [6, 6.07) is 0.435. The van der Waals surface area contributed by atoms with Crippen LogP contribution in [0.2, 0.25) is 0 Å². The van der Waals surface area contributed by atoms with Crippen LogP contribution < -0.4 is 10.6 Å². The summed E-state index contributed by atoms with van der Waals surface area (Å²) >= 11 is 0. The maximum absolute atomic E-state index is 12.1. The average Bonchev–Trinajstić information content (AvgIpc) is 2.80. The van der Waals surface area contributed by atoms with E-state index in [0.29, 0.717) is 19.0 Å². The summed E-state index contributed by atoms with van der Waals surface area (Å²) in [6.07, 6.45) is 6.38. The molecule has 3 rings (SSSR count). The van der Waals surface area contributed by atoms with Gasteiger partial charge >= 0.3 is 0 Å². The number of carbonyl (C=O) groups excluding carboxylic acids is 1. The molecule has 1 aliphatic carbocycles. The second kappa shape index (κ2) is 6.84. The van der Waals surface area contributed by atoms with Gasteiger partial charge in [-0.2, -0.15) is 0 Å². The number of fused-ring (bicyclic) bond motifs is 1. The summed E-state index contributed by atoms with van der Waals surface area (Å²) in [4.78, 5) is 14.3. The summed E-state index contributed by atoms with van der Waals surface area (Å²) in [6.45, 7) is 2.30. The Bertz CT molecular complexity index is 502. The minimum Gasteiger partial charge on any atom is -0.353 e. The Labute approximate surface area is 132 Å². The largest absolute Gasteiger partial charge is 0.353 e. The van der Waals surface area contributed by atoms with Gasteiger partial charge in [-0.1, -0.05) is 19.3 Å². The van der Waals surface area contributed by atoms with E-state index in [1.54, 1.807) is 0 Å². The maximum Gasteiger partial charge on any atom is 0.221 e. The Kier molecular flexibility index (Phi) is 5.04. The number of sulfone groups is 1. The van der Waals surface area contributed by atoms with Crippen molar-refractivity contribution in [2.75, 3.05) is 31.1 Å². The van der Waals surface area contributed by atoms with E-state index < -0.39 is 9.84 Å². The van der Waals surface area contributed by atoms with E-state index in [1.807, 2.05) is 0 Å². The Balaban J connectivity index is 1.47. The smallest absolute Gasteiger partial charge is 0.221 e. The van der Waals surface area contributed by atoms with Crippen LogP contribution in [-0.4, -0.2) is 68.5 Å². The number of hydrogen-bond donors (Lipinski definition) is 2. The molecule has 0 aromatic carbocycles. The van der Waals surface area contributed by atoms with Crippen LogP contribution in [0.15, 0.2) is 0 Å². The monoisotopic (exact) mass is 329 g/mol. The first-order valence-corrected chi connectivity index (χ1v) is 10.3. The number of piperazine rings is 1. The summed E-state index contributed by atoms with van der Waals surface area (Å²) in [7, 11) is -2.93. The average molecular weight is 329 g/mol. The van der Waals surface area contributed by atoms with E-state index in [9.17, 15) is 13.2 Å². The Morgan fingerprint density at radius 3 is 2.73 bits per heavy atom. The van der Waals surface area contributed by atoms with Crippen LogP contribution in [-0.2, 0) is 14.6 Å². The highest BCUT2D eigenvalue weighted by atomic mass is 32.2. The summed E-state index contributed by atoms with van der Waals surface area (Å²) < 4.78 is 23.6. The standard InChI is InChI=1S/C15H27N3O3S/c19-15(17-12-4-2-1-3-5-12)6-8-18-9-7-16-13-10-22(20,21)11-14(13)18/h12-14,16H,1-11H2,(H,17,19)/t13-,14+/m0/s1. The predicted molar refractivity (Wildman–Crippen MR) is 85.4 cm³/mol. The van der Waals surface area contributed by atoms with Crippen LogP contribution in [0, 0.1) is 0 Å². The fraction of sp³-hybridized carbons (Fsp3) is 0.933. The van der Waals surface area contributed by atoms with Crippen molar-refractivity contribution in [3.63, 3.8) is 0 Å². The molecule has 1 saturated carbocycles. The predicted octanol–water partition coefficient (Wildman–Crippen LogP) is -0.104. The molecule has 7 heteroatoms. The topological polar surface area (TPSA) is 78.5 Å².